The predicted octanol–water partition coefficient (Wildman–Crippen LogP) is 1.77. The van der Waals surface area contributed by atoms with Crippen LogP contribution in [0.1, 0.15) is 30.9 Å². The van der Waals surface area contributed by atoms with Gasteiger partial charge in [0.2, 0.25) is 0 Å². The molecule has 1 heterocycles. The molecule has 1 aliphatic rings. The van der Waals surface area contributed by atoms with Crippen LogP contribution in [0.4, 0.5) is 0 Å². The van der Waals surface area contributed by atoms with Crippen LogP contribution in [-0.4, -0.2) is 30.5 Å². The van der Waals surface area contributed by atoms with E-state index in [1.165, 1.54) is 0 Å². The molecule has 1 atom stereocenters. The van der Waals surface area contributed by atoms with E-state index < -0.39 is 5.60 Å². The zero-order chi connectivity index (χ0) is 13.6. The Bertz CT molecular complexity index is 422. The molecule has 4 heteroatoms. The SMILES string of the molecule is N#CCC(NCC1(O)CCOCC1)c1ccccc1. The molecule has 1 aromatic rings. The van der Waals surface area contributed by atoms with Gasteiger partial charge in [0.05, 0.1) is 18.1 Å². The Balaban J connectivity index is 1.96. The summed E-state index contributed by atoms with van der Waals surface area (Å²) in [6, 6.07) is 12.1. The second-order valence-electron chi connectivity index (χ2n) is 5.04. The number of nitrogens with one attached hydrogen (secondary N) is 1. The van der Waals surface area contributed by atoms with Gasteiger partial charge in [-0.3, -0.25) is 0 Å². The first-order valence-electron chi connectivity index (χ1n) is 6.69. The van der Waals surface area contributed by atoms with Crippen LogP contribution in [0.5, 0.6) is 0 Å². The van der Waals surface area contributed by atoms with Crippen LogP contribution in [0, 0.1) is 11.3 Å². The van der Waals surface area contributed by atoms with Crippen molar-refractivity contribution in [1.82, 2.24) is 5.32 Å². The van der Waals surface area contributed by atoms with E-state index in [4.69, 9.17) is 10.00 Å². The highest BCUT2D eigenvalue weighted by Gasteiger charge is 2.30. The summed E-state index contributed by atoms with van der Waals surface area (Å²) < 4.78 is 5.26. The van der Waals surface area contributed by atoms with Gasteiger partial charge in [0.25, 0.3) is 0 Å². The molecule has 1 saturated heterocycles. The summed E-state index contributed by atoms with van der Waals surface area (Å²) in [6.07, 6.45) is 1.69. The fourth-order valence-electron chi connectivity index (χ4n) is 2.33. The number of benzene rings is 1. The zero-order valence-corrected chi connectivity index (χ0v) is 11.0. The van der Waals surface area contributed by atoms with Crippen molar-refractivity contribution in [3.8, 4) is 6.07 Å². The number of nitrogens with zero attached hydrogens (tertiary/aromatic N) is 1. The maximum Gasteiger partial charge on any atom is 0.0815 e. The molecule has 2 rings (SSSR count). The fourth-order valence-corrected chi connectivity index (χ4v) is 2.33. The van der Waals surface area contributed by atoms with Crippen molar-refractivity contribution in [1.29, 1.82) is 5.26 Å². The van der Waals surface area contributed by atoms with E-state index in [0.29, 0.717) is 39.0 Å². The van der Waals surface area contributed by atoms with Gasteiger partial charge in [0, 0.05) is 38.6 Å². The lowest BCUT2D eigenvalue weighted by Gasteiger charge is -2.33. The van der Waals surface area contributed by atoms with Gasteiger partial charge >= 0.3 is 0 Å². The molecule has 0 amide bonds. The third kappa shape index (κ3) is 4.03. The maximum absolute atomic E-state index is 10.4. The van der Waals surface area contributed by atoms with Gasteiger partial charge < -0.3 is 15.2 Å². The highest BCUT2D eigenvalue weighted by atomic mass is 16.5. The predicted molar refractivity (Wildman–Crippen MR) is 72.4 cm³/mol. The number of hydrogen-bond acceptors (Lipinski definition) is 4. The van der Waals surface area contributed by atoms with Crippen molar-refractivity contribution in [3.63, 3.8) is 0 Å². The highest BCUT2D eigenvalue weighted by Crippen LogP contribution is 2.22. The summed E-state index contributed by atoms with van der Waals surface area (Å²) in [5, 5.41) is 22.7. The molecule has 1 aliphatic heterocycles. The molecule has 0 aliphatic carbocycles. The smallest absolute Gasteiger partial charge is 0.0815 e. The topological polar surface area (TPSA) is 65.3 Å². The maximum atomic E-state index is 10.4. The van der Waals surface area contributed by atoms with Crippen LogP contribution in [0.2, 0.25) is 0 Å². The minimum Gasteiger partial charge on any atom is -0.388 e. The molecule has 0 aromatic heterocycles. The van der Waals surface area contributed by atoms with Gasteiger partial charge in [-0.05, 0) is 5.56 Å². The first kappa shape index (κ1) is 14.0. The van der Waals surface area contributed by atoms with Crippen LogP contribution >= 0.6 is 0 Å². The Morgan fingerprint density at radius 3 is 2.63 bits per heavy atom. The Labute approximate surface area is 114 Å². The molecule has 102 valence electrons. The lowest BCUT2D eigenvalue weighted by atomic mass is 9.93. The van der Waals surface area contributed by atoms with Gasteiger partial charge in [-0.15, -0.1) is 0 Å². The van der Waals surface area contributed by atoms with Crippen LogP contribution in [0.25, 0.3) is 0 Å². The lowest BCUT2D eigenvalue weighted by Crippen LogP contribution is -2.45. The first-order chi connectivity index (χ1) is 9.23. The van der Waals surface area contributed by atoms with Crippen molar-refractivity contribution in [3.05, 3.63) is 35.9 Å². The van der Waals surface area contributed by atoms with Crippen LogP contribution in [0.15, 0.2) is 30.3 Å². The van der Waals surface area contributed by atoms with Crippen molar-refractivity contribution in [2.75, 3.05) is 19.8 Å². The summed E-state index contributed by atoms with van der Waals surface area (Å²) in [7, 11) is 0. The van der Waals surface area contributed by atoms with Gasteiger partial charge in [-0.2, -0.15) is 5.26 Å². The Hall–Kier alpha value is -1.41. The van der Waals surface area contributed by atoms with E-state index in [-0.39, 0.29) is 6.04 Å². The van der Waals surface area contributed by atoms with Crippen LogP contribution in [0.3, 0.4) is 0 Å². The van der Waals surface area contributed by atoms with Crippen molar-refractivity contribution in [2.45, 2.75) is 30.9 Å². The van der Waals surface area contributed by atoms with E-state index in [0.717, 1.165) is 5.56 Å². The van der Waals surface area contributed by atoms with E-state index in [9.17, 15) is 5.11 Å². The average Bonchev–Trinajstić information content (AvgIpc) is 2.45. The molecule has 1 aromatic carbocycles. The molecule has 19 heavy (non-hydrogen) atoms. The summed E-state index contributed by atoms with van der Waals surface area (Å²) in [4.78, 5) is 0. The lowest BCUT2D eigenvalue weighted by molar-refractivity contribution is -0.0627. The third-order valence-corrected chi connectivity index (χ3v) is 3.60. The number of nitriles is 1. The monoisotopic (exact) mass is 260 g/mol. The molecule has 4 nitrogen and oxygen atoms in total. The second-order valence-corrected chi connectivity index (χ2v) is 5.04. The van der Waals surface area contributed by atoms with E-state index in [1.807, 2.05) is 30.3 Å². The van der Waals surface area contributed by atoms with Crippen LogP contribution < -0.4 is 5.32 Å². The Morgan fingerprint density at radius 2 is 2.00 bits per heavy atom. The van der Waals surface area contributed by atoms with Gasteiger partial charge in [-0.1, -0.05) is 30.3 Å². The average molecular weight is 260 g/mol. The number of aliphatic hydroxyl groups is 1. The molecule has 0 spiro atoms. The number of hydrogen-bond donors (Lipinski definition) is 2. The van der Waals surface area contributed by atoms with Gasteiger partial charge in [-0.25, -0.2) is 0 Å². The number of ether oxygens (including phenoxy) is 1. The van der Waals surface area contributed by atoms with E-state index in [2.05, 4.69) is 11.4 Å². The largest absolute Gasteiger partial charge is 0.388 e. The molecular formula is C15H20N2O2. The summed E-state index contributed by atoms with van der Waals surface area (Å²) >= 11 is 0. The summed E-state index contributed by atoms with van der Waals surface area (Å²) in [5.74, 6) is 0. The van der Waals surface area contributed by atoms with Crippen molar-refractivity contribution in [2.24, 2.45) is 0 Å². The minimum absolute atomic E-state index is 0.0296. The third-order valence-electron chi connectivity index (χ3n) is 3.60. The molecule has 0 radical (unpaired) electrons. The number of rotatable bonds is 5. The second kappa shape index (κ2) is 6.67. The standard InChI is InChI=1S/C15H20N2O2/c16-9-6-14(13-4-2-1-3-5-13)17-12-15(18)7-10-19-11-8-15/h1-5,14,17-18H,6-8,10-12H2. The highest BCUT2D eigenvalue weighted by molar-refractivity contribution is 5.20. The van der Waals surface area contributed by atoms with E-state index >= 15 is 0 Å². The molecule has 0 bridgehead atoms. The quantitative estimate of drug-likeness (QED) is 0.847. The Morgan fingerprint density at radius 1 is 1.32 bits per heavy atom. The molecular weight excluding hydrogens is 240 g/mol. The van der Waals surface area contributed by atoms with Crippen molar-refractivity contribution >= 4 is 0 Å². The van der Waals surface area contributed by atoms with Gasteiger partial charge in [0.1, 0.15) is 0 Å². The summed E-state index contributed by atoms with van der Waals surface area (Å²) in [6.45, 7) is 1.70. The van der Waals surface area contributed by atoms with Crippen LogP contribution in [-0.2, 0) is 4.74 Å². The Kier molecular flexibility index (Phi) is 4.92. The summed E-state index contributed by atoms with van der Waals surface area (Å²) in [5.41, 5.74) is 0.375. The molecule has 0 saturated carbocycles. The minimum atomic E-state index is -0.708. The normalized spacial score (nSPS) is 19.6. The molecule has 1 unspecified atom stereocenters. The first-order valence-corrected chi connectivity index (χ1v) is 6.69. The van der Waals surface area contributed by atoms with Gasteiger partial charge in [0.15, 0.2) is 0 Å². The fraction of sp³-hybridized carbons (Fsp3) is 0.533. The van der Waals surface area contributed by atoms with Crippen molar-refractivity contribution < 1.29 is 9.84 Å². The molecule has 2 N–H and O–H groups in total. The zero-order valence-electron chi connectivity index (χ0n) is 11.0. The molecule has 1 fully saturated rings. The van der Waals surface area contributed by atoms with E-state index in [1.54, 1.807) is 0 Å².